The van der Waals surface area contributed by atoms with Gasteiger partial charge in [0.1, 0.15) is 5.76 Å². The van der Waals surface area contributed by atoms with Gasteiger partial charge in [0.25, 0.3) is 0 Å². The second-order valence-corrected chi connectivity index (χ2v) is 8.96. The van der Waals surface area contributed by atoms with Gasteiger partial charge in [-0.05, 0) is 40.7 Å². The van der Waals surface area contributed by atoms with Gasteiger partial charge in [-0.3, -0.25) is 9.79 Å². The Morgan fingerprint density at radius 2 is 1.67 bits per heavy atom. The van der Waals surface area contributed by atoms with Crippen LogP contribution in [0.2, 0.25) is 0 Å². The number of hydrogen-bond acceptors (Lipinski definition) is 3. The number of benzene rings is 3. The summed E-state index contributed by atoms with van der Waals surface area (Å²) in [6.45, 7) is 2.90. The Bertz CT molecular complexity index is 1150. The van der Waals surface area contributed by atoms with Crippen LogP contribution in [-0.2, 0) is 11.2 Å². The first-order valence-corrected chi connectivity index (χ1v) is 12.2. The molecular formula is C30H33NO2. The van der Waals surface area contributed by atoms with Crippen molar-refractivity contribution in [1.29, 1.82) is 0 Å². The third-order valence-corrected chi connectivity index (χ3v) is 6.55. The Morgan fingerprint density at radius 3 is 2.48 bits per heavy atom. The quantitative estimate of drug-likeness (QED) is 0.226. The summed E-state index contributed by atoms with van der Waals surface area (Å²) in [5, 5.41) is 13.4. The van der Waals surface area contributed by atoms with Crippen LogP contribution in [0.5, 0.6) is 0 Å². The largest absolute Gasteiger partial charge is 0.511 e. The number of carbonyl (C=O) groups excluding carboxylic acids is 1. The molecule has 0 heterocycles. The van der Waals surface area contributed by atoms with Gasteiger partial charge < -0.3 is 5.11 Å². The number of fused-ring (bicyclic) bond motifs is 1. The van der Waals surface area contributed by atoms with E-state index in [1.54, 1.807) is 0 Å². The number of ketones is 1. The van der Waals surface area contributed by atoms with Gasteiger partial charge in [0.05, 0.1) is 5.57 Å². The van der Waals surface area contributed by atoms with Crippen LogP contribution in [0.4, 0.5) is 0 Å². The number of aliphatic hydroxyl groups is 1. The number of carbonyl (C=O) groups is 1. The zero-order chi connectivity index (χ0) is 23.0. The maximum Gasteiger partial charge on any atom is 0.168 e. The fourth-order valence-corrected chi connectivity index (χ4v) is 4.79. The molecule has 0 saturated heterocycles. The van der Waals surface area contributed by atoms with E-state index in [9.17, 15) is 9.90 Å². The van der Waals surface area contributed by atoms with Crippen LogP contribution >= 0.6 is 0 Å². The molecule has 0 amide bonds. The summed E-state index contributed by atoms with van der Waals surface area (Å²) in [6.07, 6.45) is 5.98. The Hall–Kier alpha value is -3.20. The van der Waals surface area contributed by atoms with Gasteiger partial charge in [0.15, 0.2) is 5.78 Å². The number of aliphatic hydroxyl groups excluding tert-OH is 1. The van der Waals surface area contributed by atoms with Crippen molar-refractivity contribution in [3.05, 3.63) is 95.3 Å². The van der Waals surface area contributed by atoms with Crippen LogP contribution in [0.15, 0.2) is 89.1 Å². The van der Waals surface area contributed by atoms with Crippen LogP contribution in [0.25, 0.3) is 10.8 Å². The van der Waals surface area contributed by atoms with Crippen molar-refractivity contribution < 1.29 is 9.90 Å². The minimum Gasteiger partial charge on any atom is -0.511 e. The molecule has 170 valence electrons. The van der Waals surface area contributed by atoms with Crippen molar-refractivity contribution in [3.8, 4) is 0 Å². The summed E-state index contributed by atoms with van der Waals surface area (Å²) < 4.78 is 0. The van der Waals surface area contributed by atoms with E-state index in [1.165, 1.54) is 12.8 Å². The van der Waals surface area contributed by atoms with Crippen LogP contribution < -0.4 is 0 Å². The fraction of sp³-hybridized carbons (Fsp3) is 0.333. The topological polar surface area (TPSA) is 49.7 Å². The summed E-state index contributed by atoms with van der Waals surface area (Å²) in [5.41, 5.74) is 3.41. The van der Waals surface area contributed by atoms with Gasteiger partial charge in [-0.25, -0.2) is 0 Å². The van der Waals surface area contributed by atoms with Crippen molar-refractivity contribution >= 4 is 22.3 Å². The third kappa shape index (κ3) is 5.60. The summed E-state index contributed by atoms with van der Waals surface area (Å²) in [5.74, 6) is 0.262. The van der Waals surface area contributed by atoms with Crippen LogP contribution in [0, 0.1) is 0 Å². The second kappa shape index (κ2) is 11.1. The van der Waals surface area contributed by atoms with Gasteiger partial charge in [0.2, 0.25) is 0 Å². The van der Waals surface area contributed by atoms with E-state index < -0.39 is 0 Å². The molecule has 1 aliphatic rings. The average molecular weight is 440 g/mol. The first-order chi connectivity index (χ1) is 16.2. The van der Waals surface area contributed by atoms with E-state index >= 15 is 0 Å². The summed E-state index contributed by atoms with van der Waals surface area (Å²) in [6, 6.07) is 24.5. The van der Waals surface area contributed by atoms with E-state index in [0.717, 1.165) is 40.5 Å². The predicted octanol–water partition coefficient (Wildman–Crippen LogP) is 7.36. The molecule has 1 aliphatic carbocycles. The zero-order valence-electron chi connectivity index (χ0n) is 19.5. The fourth-order valence-electron chi connectivity index (χ4n) is 4.79. The number of hydrogen-bond donors (Lipinski definition) is 1. The molecule has 1 atom stereocenters. The van der Waals surface area contributed by atoms with E-state index in [-0.39, 0.29) is 17.5 Å². The van der Waals surface area contributed by atoms with Crippen molar-refractivity contribution in [2.75, 3.05) is 6.54 Å². The van der Waals surface area contributed by atoms with Crippen LogP contribution in [0.1, 0.15) is 62.5 Å². The molecule has 0 aromatic heterocycles. The molecular weight excluding hydrogens is 406 g/mol. The molecule has 3 nitrogen and oxygen atoms in total. The Morgan fingerprint density at radius 1 is 0.909 bits per heavy atom. The summed E-state index contributed by atoms with van der Waals surface area (Å²) in [7, 11) is 0. The normalized spacial score (nSPS) is 19.2. The highest BCUT2D eigenvalue weighted by molar-refractivity contribution is 6.24. The molecule has 3 heteroatoms. The molecule has 3 aromatic rings. The van der Waals surface area contributed by atoms with Crippen molar-refractivity contribution in [2.45, 2.75) is 57.8 Å². The Labute approximate surface area is 196 Å². The third-order valence-electron chi connectivity index (χ3n) is 6.55. The number of nitrogens with zero attached hydrogens (tertiary/aromatic N) is 1. The van der Waals surface area contributed by atoms with Gasteiger partial charge in [-0.15, -0.1) is 0 Å². The molecule has 1 saturated carbocycles. The highest BCUT2D eigenvalue weighted by atomic mass is 16.3. The molecule has 0 bridgehead atoms. The highest BCUT2D eigenvalue weighted by Crippen LogP contribution is 2.34. The van der Waals surface area contributed by atoms with Gasteiger partial charge in [-0.2, -0.15) is 0 Å². The van der Waals surface area contributed by atoms with E-state index in [2.05, 4.69) is 37.3 Å². The van der Waals surface area contributed by atoms with E-state index in [1.807, 2.05) is 42.5 Å². The van der Waals surface area contributed by atoms with Gasteiger partial charge in [0, 0.05) is 25.1 Å². The molecule has 1 N–H and O–H groups in total. The number of aliphatic imine (C=N–C) groups is 1. The lowest BCUT2D eigenvalue weighted by Crippen LogP contribution is -2.27. The lowest BCUT2D eigenvalue weighted by Gasteiger charge is -2.26. The molecule has 0 aliphatic heterocycles. The predicted molar refractivity (Wildman–Crippen MR) is 137 cm³/mol. The zero-order valence-corrected chi connectivity index (χ0v) is 19.5. The van der Waals surface area contributed by atoms with Gasteiger partial charge >= 0.3 is 0 Å². The van der Waals surface area contributed by atoms with Crippen LogP contribution in [-0.4, -0.2) is 23.1 Å². The number of allylic oxidation sites excluding steroid dienone is 2. The number of rotatable bonds is 8. The number of Topliss-reactive ketones (excluding diaryl/α,β-unsaturated/α-hetero) is 1. The first-order valence-electron chi connectivity index (χ1n) is 12.2. The Balaban J connectivity index is 1.64. The maximum absolute atomic E-state index is 13.3. The minimum absolute atomic E-state index is 0.000137. The van der Waals surface area contributed by atoms with E-state index in [0.29, 0.717) is 31.4 Å². The highest BCUT2D eigenvalue weighted by Gasteiger charge is 2.32. The first kappa shape index (κ1) is 23.0. The van der Waals surface area contributed by atoms with Crippen molar-refractivity contribution in [1.82, 2.24) is 0 Å². The molecule has 4 rings (SSSR count). The molecule has 33 heavy (non-hydrogen) atoms. The standard InChI is InChI=1S/C30H33NO2/c1-2-3-4-10-18-31-27-19-25(22-12-6-5-7-13-22)21-29(33)30(27)28(32)20-24-16-11-15-23-14-8-9-17-26(23)24/h5-9,11-17,25,32H,2-4,10,18-21H2,1H3. The molecule has 1 fully saturated rings. The Kier molecular flexibility index (Phi) is 7.72. The maximum atomic E-state index is 13.3. The minimum atomic E-state index is 0.000137. The van der Waals surface area contributed by atoms with Gasteiger partial charge in [-0.1, -0.05) is 99.0 Å². The second-order valence-electron chi connectivity index (χ2n) is 8.96. The lowest BCUT2D eigenvalue weighted by molar-refractivity contribution is -0.115. The molecule has 1 unspecified atom stereocenters. The summed E-state index contributed by atoms with van der Waals surface area (Å²) in [4.78, 5) is 18.2. The molecule has 3 aromatic carbocycles. The van der Waals surface area contributed by atoms with Crippen LogP contribution in [0.3, 0.4) is 0 Å². The number of unbranched alkanes of at least 4 members (excludes halogenated alkanes) is 3. The lowest BCUT2D eigenvalue weighted by atomic mass is 9.78. The van der Waals surface area contributed by atoms with Crippen molar-refractivity contribution in [3.63, 3.8) is 0 Å². The molecule has 0 radical (unpaired) electrons. The monoisotopic (exact) mass is 439 g/mol. The van der Waals surface area contributed by atoms with E-state index in [4.69, 9.17) is 4.99 Å². The average Bonchev–Trinajstić information content (AvgIpc) is 2.84. The SMILES string of the molecule is CCCCCCN=C1CC(c2ccccc2)CC(=O)C1=C(O)Cc1cccc2ccccc12. The van der Waals surface area contributed by atoms with Crippen molar-refractivity contribution in [2.24, 2.45) is 4.99 Å². The summed E-state index contributed by atoms with van der Waals surface area (Å²) >= 11 is 0. The molecule has 0 spiro atoms. The smallest absolute Gasteiger partial charge is 0.168 e.